The van der Waals surface area contributed by atoms with Crippen molar-refractivity contribution in [3.8, 4) is 0 Å². The van der Waals surface area contributed by atoms with Gasteiger partial charge in [-0.05, 0) is 35.4 Å². The highest BCUT2D eigenvalue weighted by molar-refractivity contribution is 7.33. The molecule has 0 aromatic heterocycles. The zero-order chi connectivity index (χ0) is 14.4. The minimum Gasteiger partial charge on any atom is -0.114 e. The molecule has 0 heterocycles. The van der Waals surface area contributed by atoms with E-state index in [9.17, 15) is 4.57 Å². The van der Waals surface area contributed by atoms with Gasteiger partial charge < -0.3 is 0 Å². The Bertz CT molecular complexity index is 553. The molecule has 0 fully saturated rings. The number of halogens is 2. The minimum atomic E-state index is -2.18. The summed E-state index contributed by atoms with van der Waals surface area (Å²) >= 11 is 11.7. The standard InChI is InChI=1S/C14H12Cl2O3P/c15-13-5-1-3-11(7-13)9-18-20(17)19-10-12-4-2-6-14(16)8-12/h1-8H,9-10H2/q+1. The van der Waals surface area contributed by atoms with Crippen molar-refractivity contribution in [3.05, 3.63) is 69.7 Å². The predicted molar refractivity (Wildman–Crippen MR) is 80.1 cm³/mol. The van der Waals surface area contributed by atoms with Gasteiger partial charge in [0.25, 0.3) is 0 Å². The normalized spacial score (nSPS) is 10.5. The number of hydrogen-bond acceptors (Lipinski definition) is 3. The van der Waals surface area contributed by atoms with Crippen LogP contribution in [0.4, 0.5) is 0 Å². The van der Waals surface area contributed by atoms with Crippen LogP contribution < -0.4 is 0 Å². The second-order valence-corrected chi connectivity index (χ2v) is 5.87. The van der Waals surface area contributed by atoms with E-state index in [0.29, 0.717) is 10.0 Å². The van der Waals surface area contributed by atoms with Gasteiger partial charge >= 0.3 is 8.25 Å². The quantitative estimate of drug-likeness (QED) is 0.667. The molecule has 2 rings (SSSR count). The number of rotatable bonds is 6. The number of benzene rings is 2. The van der Waals surface area contributed by atoms with Gasteiger partial charge in [-0.1, -0.05) is 47.5 Å². The molecule has 0 unspecified atom stereocenters. The van der Waals surface area contributed by atoms with Gasteiger partial charge in [-0.15, -0.1) is 9.05 Å². The van der Waals surface area contributed by atoms with Gasteiger partial charge in [0.1, 0.15) is 13.2 Å². The third-order valence-corrected chi connectivity index (χ3v) is 3.60. The van der Waals surface area contributed by atoms with E-state index in [2.05, 4.69) is 0 Å². The third-order valence-electron chi connectivity index (χ3n) is 2.45. The fraction of sp³-hybridized carbons (Fsp3) is 0.143. The lowest BCUT2D eigenvalue weighted by molar-refractivity contribution is 0.213. The largest absolute Gasteiger partial charge is 0.698 e. The summed E-state index contributed by atoms with van der Waals surface area (Å²) < 4.78 is 21.9. The van der Waals surface area contributed by atoms with Crippen LogP contribution >= 0.6 is 31.5 Å². The van der Waals surface area contributed by atoms with Crippen LogP contribution in [0.5, 0.6) is 0 Å². The Labute approximate surface area is 128 Å². The highest BCUT2D eigenvalue weighted by atomic mass is 35.5. The van der Waals surface area contributed by atoms with Crippen molar-refractivity contribution in [2.24, 2.45) is 0 Å². The fourth-order valence-electron chi connectivity index (χ4n) is 1.55. The summed E-state index contributed by atoms with van der Waals surface area (Å²) in [6.45, 7) is 0.372. The fourth-order valence-corrected chi connectivity index (χ4v) is 2.55. The van der Waals surface area contributed by atoms with E-state index >= 15 is 0 Å². The second kappa shape index (κ2) is 7.72. The Hall–Kier alpha value is -0.960. The van der Waals surface area contributed by atoms with Gasteiger partial charge in [-0.3, -0.25) is 0 Å². The Balaban J connectivity index is 1.78. The van der Waals surface area contributed by atoms with Crippen LogP contribution in [0.25, 0.3) is 0 Å². The van der Waals surface area contributed by atoms with Crippen molar-refractivity contribution in [2.45, 2.75) is 13.2 Å². The maximum Gasteiger partial charge on any atom is 0.698 e. The third kappa shape index (κ3) is 5.20. The lowest BCUT2D eigenvalue weighted by atomic mass is 10.2. The Morgan fingerprint density at radius 1 is 0.850 bits per heavy atom. The van der Waals surface area contributed by atoms with Crippen LogP contribution in [-0.2, 0) is 26.8 Å². The smallest absolute Gasteiger partial charge is 0.114 e. The molecule has 0 spiro atoms. The molecule has 3 nitrogen and oxygen atoms in total. The molecule has 0 saturated heterocycles. The minimum absolute atomic E-state index is 0.186. The van der Waals surface area contributed by atoms with Crippen molar-refractivity contribution in [1.29, 1.82) is 0 Å². The van der Waals surface area contributed by atoms with Gasteiger partial charge in [0, 0.05) is 14.6 Å². The van der Waals surface area contributed by atoms with Crippen LogP contribution in [0.1, 0.15) is 11.1 Å². The summed E-state index contributed by atoms with van der Waals surface area (Å²) in [6.07, 6.45) is 0. The van der Waals surface area contributed by atoms with Crippen molar-refractivity contribution in [1.82, 2.24) is 0 Å². The van der Waals surface area contributed by atoms with Gasteiger partial charge in [-0.25, -0.2) is 0 Å². The molecule has 104 valence electrons. The van der Waals surface area contributed by atoms with Crippen molar-refractivity contribution in [2.75, 3.05) is 0 Å². The van der Waals surface area contributed by atoms with E-state index in [0.717, 1.165) is 11.1 Å². The molecule has 6 heteroatoms. The lowest BCUT2D eigenvalue weighted by Gasteiger charge is -1.97. The molecule has 0 aliphatic heterocycles. The van der Waals surface area contributed by atoms with Gasteiger partial charge in [0.2, 0.25) is 0 Å². The summed E-state index contributed by atoms with van der Waals surface area (Å²) in [4.78, 5) is 0. The first-order valence-corrected chi connectivity index (χ1v) is 7.70. The Kier molecular flexibility index (Phi) is 5.96. The van der Waals surface area contributed by atoms with Crippen LogP contribution in [0.2, 0.25) is 10.0 Å². The lowest BCUT2D eigenvalue weighted by Crippen LogP contribution is -1.90. The van der Waals surface area contributed by atoms with Crippen molar-refractivity contribution >= 4 is 31.5 Å². The SMILES string of the molecule is O=[P+](OCc1cccc(Cl)c1)OCc1cccc(Cl)c1. The van der Waals surface area contributed by atoms with E-state index in [1.54, 1.807) is 36.4 Å². The molecule has 0 bridgehead atoms. The van der Waals surface area contributed by atoms with E-state index in [-0.39, 0.29) is 13.2 Å². The molecule has 2 aromatic carbocycles. The van der Waals surface area contributed by atoms with Gasteiger partial charge in [0.15, 0.2) is 0 Å². The Morgan fingerprint density at radius 2 is 1.30 bits per heavy atom. The van der Waals surface area contributed by atoms with E-state index in [1.807, 2.05) is 12.1 Å². The first-order valence-electron chi connectivity index (χ1n) is 5.85. The molecule has 2 aromatic rings. The van der Waals surface area contributed by atoms with Crippen LogP contribution in [-0.4, -0.2) is 0 Å². The molecule has 0 atom stereocenters. The predicted octanol–water partition coefficient (Wildman–Crippen LogP) is 5.38. The van der Waals surface area contributed by atoms with Crippen molar-refractivity contribution in [3.63, 3.8) is 0 Å². The van der Waals surface area contributed by atoms with Crippen LogP contribution in [0.3, 0.4) is 0 Å². The molecule has 0 radical (unpaired) electrons. The average Bonchev–Trinajstić information content (AvgIpc) is 2.43. The second-order valence-electron chi connectivity index (χ2n) is 4.03. The summed E-state index contributed by atoms with van der Waals surface area (Å²) in [5.74, 6) is 0. The molecule has 0 amide bonds. The highest BCUT2D eigenvalue weighted by Crippen LogP contribution is 2.28. The summed E-state index contributed by atoms with van der Waals surface area (Å²) in [5, 5.41) is 1.22. The maximum absolute atomic E-state index is 11.6. The monoisotopic (exact) mass is 329 g/mol. The topological polar surface area (TPSA) is 35.5 Å². The van der Waals surface area contributed by atoms with Gasteiger partial charge in [-0.2, -0.15) is 0 Å². The maximum atomic E-state index is 11.6. The van der Waals surface area contributed by atoms with E-state index in [1.165, 1.54) is 0 Å². The van der Waals surface area contributed by atoms with Gasteiger partial charge in [0.05, 0.1) is 0 Å². The molecule has 0 N–H and O–H groups in total. The van der Waals surface area contributed by atoms with E-state index < -0.39 is 8.25 Å². The van der Waals surface area contributed by atoms with Crippen LogP contribution in [0.15, 0.2) is 48.5 Å². The van der Waals surface area contributed by atoms with E-state index in [4.69, 9.17) is 32.2 Å². The molecular formula is C14H12Cl2O3P+. The molecule has 0 saturated carbocycles. The highest BCUT2D eigenvalue weighted by Gasteiger charge is 2.20. The molecule has 0 aliphatic carbocycles. The van der Waals surface area contributed by atoms with Crippen LogP contribution in [0, 0.1) is 0 Å². The number of hydrogen-bond donors (Lipinski definition) is 0. The summed E-state index contributed by atoms with van der Waals surface area (Å²) in [7, 11) is -2.18. The Morgan fingerprint density at radius 3 is 1.70 bits per heavy atom. The summed E-state index contributed by atoms with van der Waals surface area (Å²) in [5.41, 5.74) is 1.68. The summed E-state index contributed by atoms with van der Waals surface area (Å²) in [6, 6.07) is 14.3. The zero-order valence-corrected chi connectivity index (χ0v) is 12.9. The van der Waals surface area contributed by atoms with Crippen molar-refractivity contribution < 1.29 is 13.6 Å². The molecule has 0 aliphatic rings. The first kappa shape index (κ1) is 15.4. The molecule has 20 heavy (non-hydrogen) atoms. The first-order chi connectivity index (χ1) is 9.63. The zero-order valence-electron chi connectivity index (χ0n) is 10.5. The average molecular weight is 330 g/mol. The molecular weight excluding hydrogens is 318 g/mol.